The molecule has 4 N–H and O–H groups in total. The molecule has 0 amide bonds. The van der Waals surface area contributed by atoms with Gasteiger partial charge in [-0.25, -0.2) is 0 Å². The van der Waals surface area contributed by atoms with E-state index in [2.05, 4.69) is 45.3 Å². The summed E-state index contributed by atoms with van der Waals surface area (Å²) in [7, 11) is 0. The number of fused-ring (bicyclic) bond motifs is 5. The van der Waals surface area contributed by atoms with Crippen LogP contribution < -0.4 is 10.6 Å². The second kappa shape index (κ2) is 19.3. The van der Waals surface area contributed by atoms with Gasteiger partial charge in [0.05, 0.1) is 6.10 Å². The molecule has 286 valence electrons. The lowest BCUT2D eigenvalue weighted by molar-refractivity contribution is -0.167. The molecule has 0 heterocycles. The molecule has 0 spiro atoms. The summed E-state index contributed by atoms with van der Waals surface area (Å²) in [6.45, 7) is 16.0. The van der Waals surface area contributed by atoms with Crippen molar-refractivity contribution in [3.8, 4) is 5.75 Å². The number of aryl methyl sites for hydroxylation is 1. The quantitative estimate of drug-likeness (QED) is 0.0969. The van der Waals surface area contributed by atoms with Crippen molar-refractivity contribution in [2.75, 3.05) is 19.6 Å². The molecule has 10 atom stereocenters. The summed E-state index contributed by atoms with van der Waals surface area (Å²) >= 11 is 0. The maximum Gasteiger partial charge on any atom is 0.118 e. The molecule has 4 aliphatic rings. The highest BCUT2D eigenvalue weighted by molar-refractivity contribution is 5.31. The number of aromatic hydroxyl groups is 1. The minimum absolute atomic E-state index is 0.0817. The van der Waals surface area contributed by atoms with E-state index in [1.54, 1.807) is 6.07 Å². The Bertz CT molecular complexity index is 1120. The third kappa shape index (κ3) is 10.1. The van der Waals surface area contributed by atoms with Crippen LogP contribution in [0.2, 0.25) is 0 Å². The van der Waals surface area contributed by atoms with Gasteiger partial charge in [-0.2, -0.15) is 0 Å². The summed E-state index contributed by atoms with van der Waals surface area (Å²) in [5, 5.41) is 29.4. The molecular weight excluding hydrogens is 613 g/mol. The first-order valence-electron chi connectivity index (χ1n) is 22.0. The van der Waals surface area contributed by atoms with Gasteiger partial charge in [0.15, 0.2) is 0 Å². The molecule has 0 aromatic heterocycles. The molecular formula is C46H80N2O2. The van der Waals surface area contributed by atoms with Gasteiger partial charge in [0.25, 0.3) is 0 Å². The monoisotopic (exact) mass is 693 g/mol. The average Bonchev–Trinajstić information content (AvgIpc) is 3.44. The van der Waals surface area contributed by atoms with Gasteiger partial charge in [0, 0.05) is 6.04 Å². The van der Waals surface area contributed by atoms with Crippen molar-refractivity contribution in [3.05, 3.63) is 29.8 Å². The van der Waals surface area contributed by atoms with Crippen molar-refractivity contribution in [2.45, 2.75) is 182 Å². The predicted molar refractivity (Wildman–Crippen MR) is 212 cm³/mol. The molecule has 4 nitrogen and oxygen atoms in total. The number of para-hydroxylation sites is 1. The summed E-state index contributed by atoms with van der Waals surface area (Å²) in [6.07, 6.45) is 27.3. The van der Waals surface area contributed by atoms with E-state index in [1.807, 2.05) is 18.2 Å². The maximum atomic E-state index is 11.8. The van der Waals surface area contributed by atoms with Crippen LogP contribution in [0.25, 0.3) is 0 Å². The molecule has 4 unspecified atom stereocenters. The van der Waals surface area contributed by atoms with Crippen molar-refractivity contribution in [1.29, 1.82) is 0 Å². The van der Waals surface area contributed by atoms with Crippen LogP contribution in [0.15, 0.2) is 24.3 Å². The first-order chi connectivity index (χ1) is 24.1. The summed E-state index contributed by atoms with van der Waals surface area (Å²) in [6, 6.07) is 8.40. The number of aliphatic hydroxyl groups excluding tert-OH is 1. The van der Waals surface area contributed by atoms with Crippen LogP contribution in [-0.4, -0.2) is 42.0 Å². The molecule has 4 heteroatoms. The first-order valence-corrected chi connectivity index (χ1v) is 22.0. The number of phenols is 1. The Morgan fingerprint density at radius 3 is 2.16 bits per heavy atom. The van der Waals surface area contributed by atoms with E-state index in [9.17, 15) is 10.2 Å². The van der Waals surface area contributed by atoms with E-state index in [1.165, 1.54) is 122 Å². The highest BCUT2D eigenvalue weighted by Crippen LogP contribution is 2.68. The SMILES string of the molecule is CC(C)CCC[C@@H](C)[C@H]1CCC2C3C(O)C[C@H]4C[C@@H](NCCCNCCCCCCCCCCc5ccccc5O)CC[C@]4(C)C3CC[C@@]21C. The van der Waals surface area contributed by atoms with E-state index >= 15 is 0 Å². The topological polar surface area (TPSA) is 64.5 Å². The number of unbranched alkanes of at least 4 members (excludes halogenated alkanes) is 7. The van der Waals surface area contributed by atoms with E-state index < -0.39 is 0 Å². The van der Waals surface area contributed by atoms with Crippen LogP contribution >= 0.6 is 0 Å². The fourth-order valence-electron chi connectivity index (χ4n) is 12.4. The molecule has 4 saturated carbocycles. The van der Waals surface area contributed by atoms with Gasteiger partial charge < -0.3 is 20.8 Å². The van der Waals surface area contributed by atoms with Crippen molar-refractivity contribution >= 4 is 0 Å². The van der Waals surface area contributed by atoms with Crippen LogP contribution in [0.3, 0.4) is 0 Å². The Morgan fingerprint density at radius 2 is 1.40 bits per heavy atom. The van der Waals surface area contributed by atoms with E-state index in [0.717, 1.165) is 67.6 Å². The van der Waals surface area contributed by atoms with Crippen molar-refractivity contribution in [2.24, 2.45) is 52.3 Å². The smallest absolute Gasteiger partial charge is 0.118 e. The van der Waals surface area contributed by atoms with Crippen LogP contribution in [-0.2, 0) is 6.42 Å². The maximum absolute atomic E-state index is 11.8. The highest BCUT2D eigenvalue weighted by Gasteiger charge is 2.62. The lowest BCUT2D eigenvalue weighted by atomic mass is 9.43. The standard InChI is InChI=1S/C46H80N2O2/c1-34(2)18-16-19-35(3)39-23-24-40-44-41(26-28-46(39,40)5)45(4)27-25-38(32-37(45)33-43(44)50)48-31-17-30-47-29-15-11-9-7-6-8-10-12-20-36-21-13-14-22-42(36)49/h13-14,21-22,34-35,37-41,43-44,47-50H,6-12,15-20,23-33H2,1-5H3/t35-,37-,38+,39-,40?,41?,43?,44?,45+,46-/m1/s1. The van der Waals surface area contributed by atoms with Gasteiger partial charge in [-0.3, -0.25) is 0 Å². The molecule has 0 radical (unpaired) electrons. The second-order valence-electron chi connectivity index (χ2n) is 19.1. The molecule has 4 fully saturated rings. The number of phenolic OH excluding ortho intramolecular Hbond substituents is 1. The zero-order chi connectivity index (χ0) is 35.6. The molecule has 0 aliphatic heterocycles. The molecule has 50 heavy (non-hydrogen) atoms. The van der Waals surface area contributed by atoms with Crippen molar-refractivity contribution in [3.63, 3.8) is 0 Å². The number of nitrogens with one attached hydrogen (secondary N) is 2. The van der Waals surface area contributed by atoms with Crippen LogP contribution in [0.1, 0.15) is 169 Å². The minimum atomic E-state index is -0.0817. The number of benzene rings is 1. The van der Waals surface area contributed by atoms with Crippen molar-refractivity contribution in [1.82, 2.24) is 10.6 Å². The van der Waals surface area contributed by atoms with Crippen LogP contribution in [0.5, 0.6) is 5.75 Å². The number of aliphatic hydroxyl groups is 1. The zero-order valence-electron chi connectivity index (χ0n) is 33.4. The summed E-state index contributed by atoms with van der Waals surface area (Å²) in [4.78, 5) is 0. The lowest BCUT2D eigenvalue weighted by Gasteiger charge is -2.62. The molecule has 4 aliphatic carbocycles. The predicted octanol–water partition coefficient (Wildman–Crippen LogP) is 11.1. The van der Waals surface area contributed by atoms with Crippen LogP contribution in [0.4, 0.5) is 0 Å². The Balaban J connectivity index is 0.915. The first kappa shape index (κ1) is 40.1. The summed E-state index contributed by atoms with van der Waals surface area (Å²) in [5.41, 5.74) is 1.97. The summed E-state index contributed by atoms with van der Waals surface area (Å²) in [5.74, 6) is 5.68. The molecule has 1 aromatic carbocycles. The van der Waals surface area contributed by atoms with Gasteiger partial charge >= 0.3 is 0 Å². The third-order valence-electron chi connectivity index (χ3n) is 15.4. The Kier molecular flexibility index (Phi) is 15.5. The number of hydrogen-bond donors (Lipinski definition) is 4. The van der Waals surface area contributed by atoms with Gasteiger partial charge in [-0.05, 0) is 161 Å². The van der Waals surface area contributed by atoms with E-state index in [4.69, 9.17) is 0 Å². The third-order valence-corrected chi connectivity index (χ3v) is 15.4. The molecule has 1 aromatic rings. The molecule has 0 bridgehead atoms. The Labute approximate surface area is 309 Å². The normalized spacial score (nSPS) is 34.3. The fourth-order valence-corrected chi connectivity index (χ4v) is 12.4. The highest BCUT2D eigenvalue weighted by atomic mass is 16.3. The zero-order valence-corrected chi connectivity index (χ0v) is 33.4. The second-order valence-corrected chi connectivity index (χ2v) is 19.1. The van der Waals surface area contributed by atoms with E-state index in [0.29, 0.717) is 34.5 Å². The van der Waals surface area contributed by atoms with Gasteiger partial charge in [-0.1, -0.05) is 111 Å². The minimum Gasteiger partial charge on any atom is -0.508 e. The molecule has 5 rings (SSSR count). The van der Waals surface area contributed by atoms with E-state index in [-0.39, 0.29) is 6.10 Å². The summed E-state index contributed by atoms with van der Waals surface area (Å²) < 4.78 is 0. The molecule has 0 saturated heterocycles. The van der Waals surface area contributed by atoms with Crippen LogP contribution in [0, 0.1) is 52.3 Å². The van der Waals surface area contributed by atoms with Crippen molar-refractivity contribution < 1.29 is 10.2 Å². The van der Waals surface area contributed by atoms with Gasteiger partial charge in [-0.15, -0.1) is 0 Å². The fraction of sp³-hybridized carbons (Fsp3) is 0.870. The largest absolute Gasteiger partial charge is 0.508 e. The Morgan fingerprint density at radius 1 is 0.720 bits per heavy atom. The number of hydrogen-bond acceptors (Lipinski definition) is 4. The average molecular weight is 693 g/mol. The van der Waals surface area contributed by atoms with Gasteiger partial charge in [0.1, 0.15) is 5.75 Å². The number of rotatable bonds is 21. The Hall–Kier alpha value is -1.10. The van der Waals surface area contributed by atoms with Gasteiger partial charge in [0.2, 0.25) is 0 Å². The lowest BCUT2D eigenvalue weighted by Crippen LogP contribution is -2.59.